The summed E-state index contributed by atoms with van der Waals surface area (Å²) in [6.45, 7) is 3.88. The van der Waals surface area contributed by atoms with Gasteiger partial charge in [-0.2, -0.15) is 0 Å². The van der Waals surface area contributed by atoms with Crippen LogP contribution in [-0.4, -0.2) is 11.1 Å². The monoisotopic (exact) mass is 367 g/mol. The SMILES string of the molecule is Cc1cc(CCC(=O)O)c(C)cc1N.[Yb]. The van der Waals surface area contributed by atoms with Crippen molar-refractivity contribution in [3.63, 3.8) is 0 Å². The van der Waals surface area contributed by atoms with E-state index in [-0.39, 0.29) is 53.3 Å². The minimum Gasteiger partial charge on any atom is -0.481 e. The second-order valence-corrected chi connectivity index (χ2v) is 3.53. The molecule has 4 heteroatoms. The number of rotatable bonds is 3. The Bertz CT molecular complexity index is 364. The molecule has 1 aromatic rings. The zero-order valence-electron chi connectivity index (χ0n) is 8.77. The van der Waals surface area contributed by atoms with Gasteiger partial charge in [-0.1, -0.05) is 6.07 Å². The van der Waals surface area contributed by atoms with Crippen LogP contribution in [0.25, 0.3) is 0 Å². The van der Waals surface area contributed by atoms with Crippen LogP contribution in [0.3, 0.4) is 0 Å². The fourth-order valence-corrected chi connectivity index (χ4v) is 1.41. The van der Waals surface area contributed by atoms with Crippen molar-refractivity contribution in [2.24, 2.45) is 0 Å². The second-order valence-electron chi connectivity index (χ2n) is 3.53. The van der Waals surface area contributed by atoms with Crippen LogP contribution in [0.2, 0.25) is 0 Å². The van der Waals surface area contributed by atoms with Crippen molar-refractivity contribution in [3.8, 4) is 0 Å². The third-order valence-electron chi connectivity index (χ3n) is 2.33. The number of nitrogens with two attached hydrogens (primary N) is 1. The fraction of sp³-hybridized carbons (Fsp3) is 0.364. The van der Waals surface area contributed by atoms with Gasteiger partial charge >= 0.3 is 5.97 Å². The number of carboxylic acid groups (broad SMARTS) is 1. The largest absolute Gasteiger partial charge is 0.481 e. The number of carboxylic acids is 1. The first-order chi connectivity index (χ1) is 6.50. The van der Waals surface area contributed by atoms with Crippen LogP contribution >= 0.6 is 0 Å². The molecule has 1 rings (SSSR count). The standard InChI is InChI=1S/C11H15NO2.Yb/c1-7-6-10(12)8(2)5-9(7)3-4-11(13)14;/h5-6H,3-4,12H2,1-2H3,(H,13,14);. The Kier molecular flexibility index (Phi) is 6.57. The van der Waals surface area contributed by atoms with Crippen LogP contribution in [-0.2, 0) is 11.2 Å². The molecular formula is C11H15NO2Yb. The van der Waals surface area contributed by atoms with Gasteiger partial charge in [0, 0.05) is 59.0 Å². The molecule has 0 fully saturated rings. The van der Waals surface area contributed by atoms with Gasteiger partial charge in [-0.05, 0) is 43.0 Å². The van der Waals surface area contributed by atoms with Crippen molar-refractivity contribution < 1.29 is 56.8 Å². The van der Waals surface area contributed by atoms with E-state index in [1.54, 1.807) is 0 Å². The maximum atomic E-state index is 10.4. The summed E-state index contributed by atoms with van der Waals surface area (Å²) >= 11 is 0. The van der Waals surface area contributed by atoms with Crippen molar-refractivity contribution in [1.82, 2.24) is 0 Å². The summed E-state index contributed by atoms with van der Waals surface area (Å²) in [7, 11) is 0. The predicted octanol–water partition coefficient (Wildman–Crippen LogP) is 1.90. The number of hydrogen-bond donors (Lipinski definition) is 2. The van der Waals surface area contributed by atoms with Gasteiger partial charge in [0.2, 0.25) is 0 Å². The molecule has 3 nitrogen and oxygen atoms in total. The van der Waals surface area contributed by atoms with E-state index >= 15 is 0 Å². The fourth-order valence-electron chi connectivity index (χ4n) is 1.41. The van der Waals surface area contributed by atoms with Gasteiger partial charge in [0.05, 0.1) is 0 Å². The second kappa shape index (κ2) is 6.56. The molecular weight excluding hydrogens is 351 g/mol. The minimum absolute atomic E-state index is 0. The Hall–Kier alpha value is 0.00948. The number of aryl methyl sites for hydroxylation is 3. The molecule has 0 bridgehead atoms. The molecule has 0 saturated heterocycles. The zero-order chi connectivity index (χ0) is 10.7. The first-order valence-corrected chi connectivity index (χ1v) is 4.58. The quantitative estimate of drug-likeness (QED) is 0.804. The van der Waals surface area contributed by atoms with Gasteiger partial charge in [0.15, 0.2) is 0 Å². The Morgan fingerprint density at radius 2 is 1.93 bits per heavy atom. The number of carbonyl (C=O) groups is 1. The number of hydrogen-bond acceptors (Lipinski definition) is 2. The topological polar surface area (TPSA) is 63.3 Å². The molecule has 90 valence electrons. The molecule has 0 spiro atoms. The van der Waals surface area contributed by atoms with E-state index in [0.717, 1.165) is 22.4 Å². The average molecular weight is 366 g/mol. The minimum atomic E-state index is -0.765. The van der Waals surface area contributed by atoms with Crippen LogP contribution in [0.4, 0.5) is 5.69 Å². The molecule has 15 heavy (non-hydrogen) atoms. The van der Waals surface area contributed by atoms with Crippen LogP contribution in [0.5, 0.6) is 0 Å². The normalized spacial score (nSPS) is 9.47. The van der Waals surface area contributed by atoms with E-state index in [0.29, 0.717) is 6.42 Å². The first kappa shape index (κ1) is 15.0. The van der Waals surface area contributed by atoms with Gasteiger partial charge in [0.1, 0.15) is 0 Å². The summed E-state index contributed by atoms with van der Waals surface area (Å²) in [6, 6.07) is 3.86. The molecule has 1 aromatic carbocycles. The Labute approximate surface area is 128 Å². The van der Waals surface area contributed by atoms with Gasteiger partial charge < -0.3 is 10.8 Å². The van der Waals surface area contributed by atoms with Gasteiger partial charge in [0.25, 0.3) is 0 Å². The van der Waals surface area contributed by atoms with E-state index in [1.165, 1.54) is 0 Å². The summed E-state index contributed by atoms with van der Waals surface area (Å²) in [5, 5.41) is 8.56. The van der Waals surface area contributed by atoms with Crippen molar-refractivity contribution in [1.29, 1.82) is 0 Å². The molecule has 0 saturated carbocycles. The van der Waals surface area contributed by atoms with Crippen molar-refractivity contribution >= 4 is 11.7 Å². The predicted molar refractivity (Wildman–Crippen MR) is 56.3 cm³/mol. The molecule has 3 N–H and O–H groups in total. The number of aliphatic carboxylic acids is 1. The molecule has 0 atom stereocenters. The van der Waals surface area contributed by atoms with Gasteiger partial charge in [-0.25, -0.2) is 0 Å². The summed E-state index contributed by atoms with van der Waals surface area (Å²) in [6.07, 6.45) is 0.743. The molecule has 0 aliphatic heterocycles. The Balaban J connectivity index is 0.00000196. The summed E-state index contributed by atoms with van der Waals surface area (Å²) < 4.78 is 0. The molecule has 0 heterocycles. The Morgan fingerprint density at radius 3 is 2.47 bits per heavy atom. The first-order valence-electron chi connectivity index (χ1n) is 4.58. The summed E-state index contributed by atoms with van der Waals surface area (Å²) in [5.41, 5.74) is 9.64. The van der Waals surface area contributed by atoms with Gasteiger partial charge in [-0.3, -0.25) is 4.79 Å². The smallest absolute Gasteiger partial charge is 0.303 e. The summed E-state index contributed by atoms with van der Waals surface area (Å²) in [4.78, 5) is 10.4. The molecule has 0 aromatic heterocycles. The molecule has 0 amide bonds. The number of nitrogen functional groups attached to an aromatic ring is 1. The van der Waals surface area contributed by atoms with E-state index in [4.69, 9.17) is 10.8 Å². The average Bonchev–Trinajstić information content (AvgIpc) is 2.09. The number of anilines is 1. The maximum absolute atomic E-state index is 10.4. The van der Waals surface area contributed by atoms with Crippen molar-refractivity contribution in [3.05, 3.63) is 28.8 Å². The third kappa shape index (κ3) is 4.58. The van der Waals surface area contributed by atoms with Crippen molar-refractivity contribution in [2.75, 3.05) is 5.73 Å². The van der Waals surface area contributed by atoms with Crippen LogP contribution in [0.1, 0.15) is 23.1 Å². The van der Waals surface area contributed by atoms with E-state index in [2.05, 4.69) is 0 Å². The zero-order valence-corrected chi connectivity index (χ0v) is 10.5. The molecule has 0 unspecified atom stereocenters. The molecule has 0 aliphatic carbocycles. The van der Waals surface area contributed by atoms with E-state index in [1.807, 2.05) is 26.0 Å². The van der Waals surface area contributed by atoms with Gasteiger partial charge in [-0.15, -0.1) is 0 Å². The number of benzene rings is 1. The van der Waals surface area contributed by atoms with E-state index in [9.17, 15) is 4.79 Å². The maximum Gasteiger partial charge on any atom is 0.303 e. The summed E-state index contributed by atoms with van der Waals surface area (Å²) in [5.74, 6) is -0.765. The molecule has 0 aliphatic rings. The van der Waals surface area contributed by atoms with Crippen molar-refractivity contribution in [2.45, 2.75) is 26.7 Å². The van der Waals surface area contributed by atoms with E-state index < -0.39 is 5.97 Å². The van der Waals surface area contributed by atoms with Crippen LogP contribution in [0.15, 0.2) is 12.1 Å². The molecule has 0 radical (unpaired) electrons. The Morgan fingerprint density at radius 1 is 1.33 bits per heavy atom. The third-order valence-corrected chi connectivity index (χ3v) is 2.33. The van der Waals surface area contributed by atoms with Crippen LogP contribution in [0, 0.1) is 60.8 Å². The van der Waals surface area contributed by atoms with Crippen LogP contribution < -0.4 is 5.73 Å².